The van der Waals surface area contributed by atoms with Crippen LogP contribution < -0.4 is 10.6 Å². The van der Waals surface area contributed by atoms with Crippen molar-refractivity contribution in [3.05, 3.63) is 35.0 Å². The van der Waals surface area contributed by atoms with E-state index in [-0.39, 0.29) is 24.0 Å². The van der Waals surface area contributed by atoms with Gasteiger partial charge in [-0.05, 0) is 36.6 Å². The number of nitrogens with one attached hydrogen (secondary N) is 3. The van der Waals surface area contributed by atoms with Crippen LogP contribution >= 0.6 is 35.6 Å². The van der Waals surface area contributed by atoms with Gasteiger partial charge in [0.25, 0.3) is 0 Å². The zero-order chi connectivity index (χ0) is 13.1. The fraction of sp³-hybridized carbons (Fsp3) is 0.357. The number of H-pyrrole nitrogens is 1. The number of nitrogens with zero attached hydrogens (tertiary/aromatic N) is 1. The Morgan fingerprint density at radius 2 is 2.25 bits per heavy atom. The molecule has 1 aromatic carbocycles. The van der Waals surface area contributed by atoms with Crippen molar-refractivity contribution in [3.8, 4) is 0 Å². The molecule has 1 aliphatic heterocycles. The van der Waals surface area contributed by atoms with Gasteiger partial charge in [-0.25, -0.2) is 0 Å². The number of hydrogen-bond acceptors (Lipinski definition) is 3. The number of guanidine groups is 1. The molecule has 2 aromatic rings. The number of aromatic amines is 1. The van der Waals surface area contributed by atoms with Crippen LogP contribution in [0.15, 0.2) is 29.4 Å². The van der Waals surface area contributed by atoms with E-state index in [1.54, 1.807) is 0 Å². The highest BCUT2D eigenvalue weighted by molar-refractivity contribution is 14.0. The lowest BCUT2D eigenvalue weighted by Crippen LogP contribution is -2.41. The Bertz CT molecular complexity index is 608. The van der Waals surface area contributed by atoms with Crippen LogP contribution in [0.5, 0.6) is 0 Å². The molecule has 0 fully saturated rings. The predicted molar refractivity (Wildman–Crippen MR) is 95.4 cm³/mol. The van der Waals surface area contributed by atoms with Crippen molar-refractivity contribution in [2.45, 2.75) is 12.8 Å². The maximum Gasteiger partial charge on any atom is 0.191 e. The second-order valence-corrected chi connectivity index (χ2v) is 5.13. The number of rotatable bonds is 3. The molecule has 0 radical (unpaired) electrons. The molecule has 20 heavy (non-hydrogen) atoms. The Hall–Kier alpha value is -0.950. The van der Waals surface area contributed by atoms with Gasteiger partial charge in [0.15, 0.2) is 5.96 Å². The Balaban J connectivity index is 0.00000147. The van der Waals surface area contributed by atoms with Crippen molar-refractivity contribution in [1.82, 2.24) is 15.6 Å². The van der Waals surface area contributed by atoms with Crippen LogP contribution in [-0.2, 0) is 6.42 Å². The summed E-state index contributed by atoms with van der Waals surface area (Å²) in [4.78, 5) is 7.66. The third-order valence-electron chi connectivity index (χ3n) is 3.31. The van der Waals surface area contributed by atoms with Gasteiger partial charge < -0.3 is 15.6 Å². The highest BCUT2D eigenvalue weighted by atomic mass is 127. The molecule has 0 atom stereocenters. The summed E-state index contributed by atoms with van der Waals surface area (Å²) in [7, 11) is 0. The summed E-state index contributed by atoms with van der Waals surface area (Å²) >= 11 is 6.04. The van der Waals surface area contributed by atoms with E-state index in [1.807, 2.05) is 18.2 Å². The van der Waals surface area contributed by atoms with Crippen LogP contribution in [0.25, 0.3) is 10.9 Å². The van der Waals surface area contributed by atoms with Gasteiger partial charge in [0, 0.05) is 41.8 Å². The highest BCUT2D eigenvalue weighted by Gasteiger charge is 2.06. The molecule has 4 nitrogen and oxygen atoms in total. The van der Waals surface area contributed by atoms with E-state index < -0.39 is 0 Å². The molecule has 0 spiro atoms. The van der Waals surface area contributed by atoms with E-state index in [0.29, 0.717) is 0 Å². The van der Waals surface area contributed by atoms with Gasteiger partial charge in [0.05, 0.1) is 0 Å². The lowest BCUT2D eigenvalue weighted by atomic mass is 10.1. The first-order chi connectivity index (χ1) is 9.33. The van der Waals surface area contributed by atoms with Crippen LogP contribution in [-0.4, -0.2) is 30.6 Å². The molecule has 108 valence electrons. The largest absolute Gasteiger partial charge is 0.361 e. The number of hydrogen-bond donors (Lipinski definition) is 3. The summed E-state index contributed by atoms with van der Waals surface area (Å²) < 4.78 is 0. The second-order valence-electron chi connectivity index (χ2n) is 4.69. The van der Waals surface area contributed by atoms with Crippen molar-refractivity contribution >= 4 is 52.4 Å². The molecule has 0 aliphatic carbocycles. The van der Waals surface area contributed by atoms with Gasteiger partial charge >= 0.3 is 0 Å². The highest BCUT2D eigenvalue weighted by Crippen LogP contribution is 2.22. The van der Waals surface area contributed by atoms with Crippen molar-refractivity contribution in [1.29, 1.82) is 0 Å². The molecule has 0 saturated carbocycles. The monoisotopic (exact) mass is 404 g/mol. The summed E-state index contributed by atoms with van der Waals surface area (Å²) in [5.74, 6) is 0.920. The van der Waals surface area contributed by atoms with E-state index in [9.17, 15) is 0 Å². The van der Waals surface area contributed by atoms with Crippen molar-refractivity contribution in [2.24, 2.45) is 4.99 Å². The summed E-state index contributed by atoms with van der Waals surface area (Å²) in [5, 5.41) is 8.57. The van der Waals surface area contributed by atoms with E-state index in [2.05, 4.69) is 26.8 Å². The number of aliphatic imine (C=N–C) groups is 1. The summed E-state index contributed by atoms with van der Waals surface area (Å²) in [6.45, 7) is 2.79. The molecule has 0 amide bonds. The minimum Gasteiger partial charge on any atom is -0.361 e. The minimum absolute atomic E-state index is 0. The van der Waals surface area contributed by atoms with Gasteiger partial charge in [-0.2, -0.15) is 0 Å². The van der Waals surface area contributed by atoms with Gasteiger partial charge in [-0.3, -0.25) is 4.99 Å². The smallest absolute Gasteiger partial charge is 0.191 e. The molecule has 0 bridgehead atoms. The fourth-order valence-corrected chi connectivity index (χ4v) is 2.50. The third kappa shape index (κ3) is 3.58. The molecular weight excluding hydrogens is 387 g/mol. The van der Waals surface area contributed by atoms with Gasteiger partial charge in [-0.15, -0.1) is 24.0 Å². The van der Waals surface area contributed by atoms with Gasteiger partial charge in [0.1, 0.15) is 0 Å². The maximum absolute atomic E-state index is 6.04. The topological polar surface area (TPSA) is 52.2 Å². The van der Waals surface area contributed by atoms with Gasteiger partial charge in [-0.1, -0.05) is 11.6 Å². The van der Waals surface area contributed by atoms with Crippen molar-refractivity contribution in [2.75, 3.05) is 19.6 Å². The molecular formula is C14H18ClIN4. The number of benzene rings is 1. The predicted octanol–water partition coefficient (Wildman–Crippen LogP) is 2.92. The SMILES string of the molecule is Clc1ccc2[nH]cc(CCNC3=NCCCN3)c2c1.I. The normalized spacial score (nSPS) is 14.3. The Kier molecular flexibility index (Phi) is 5.54. The molecule has 3 rings (SSSR count). The number of fused-ring (bicyclic) bond motifs is 1. The molecule has 1 aliphatic rings. The van der Waals surface area contributed by atoms with Crippen molar-refractivity contribution < 1.29 is 0 Å². The molecule has 0 saturated heterocycles. The maximum atomic E-state index is 6.04. The van der Waals surface area contributed by atoms with E-state index >= 15 is 0 Å². The Morgan fingerprint density at radius 1 is 1.35 bits per heavy atom. The lowest BCUT2D eigenvalue weighted by Gasteiger charge is -2.15. The molecule has 2 heterocycles. The summed E-state index contributed by atoms with van der Waals surface area (Å²) in [6.07, 6.45) is 4.12. The standard InChI is InChI=1S/C14H17ClN4.HI/c15-11-2-3-13-12(8-11)10(9-19-13)4-7-18-14-16-5-1-6-17-14;/h2-3,8-9,19H,1,4-7H2,(H2,16,17,18);1H. The second kappa shape index (κ2) is 7.17. The summed E-state index contributed by atoms with van der Waals surface area (Å²) in [5.41, 5.74) is 2.41. The van der Waals surface area contributed by atoms with E-state index in [4.69, 9.17) is 11.6 Å². The van der Waals surface area contributed by atoms with E-state index in [0.717, 1.165) is 49.0 Å². The summed E-state index contributed by atoms with van der Waals surface area (Å²) in [6, 6.07) is 5.93. The van der Waals surface area contributed by atoms with Crippen LogP contribution in [0.1, 0.15) is 12.0 Å². The molecule has 1 aromatic heterocycles. The zero-order valence-corrected chi connectivity index (χ0v) is 14.2. The number of halogens is 2. The first kappa shape index (κ1) is 15.4. The zero-order valence-electron chi connectivity index (χ0n) is 11.1. The lowest BCUT2D eigenvalue weighted by molar-refractivity contribution is 0.700. The minimum atomic E-state index is 0. The third-order valence-corrected chi connectivity index (χ3v) is 3.55. The molecule has 0 unspecified atom stereocenters. The first-order valence-electron chi connectivity index (χ1n) is 6.60. The molecule has 3 N–H and O–H groups in total. The average Bonchev–Trinajstić information content (AvgIpc) is 2.83. The van der Waals surface area contributed by atoms with Crippen LogP contribution in [0.3, 0.4) is 0 Å². The van der Waals surface area contributed by atoms with Gasteiger partial charge in [0.2, 0.25) is 0 Å². The number of aromatic nitrogens is 1. The van der Waals surface area contributed by atoms with Crippen LogP contribution in [0.2, 0.25) is 5.02 Å². The van der Waals surface area contributed by atoms with Crippen LogP contribution in [0.4, 0.5) is 0 Å². The Morgan fingerprint density at radius 3 is 3.05 bits per heavy atom. The fourth-order valence-electron chi connectivity index (χ4n) is 2.32. The van der Waals surface area contributed by atoms with E-state index in [1.165, 1.54) is 10.9 Å². The molecule has 6 heteroatoms. The van der Waals surface area contributed by atoms with Crippen LogP contribution in [0, 0.1) is 0 Å². The first-order valence-corrected chi connectivity index (χ1v) is 6.98. The Labute approximate surface area is 140 Å². The quantitative estimate of drug-likeness (QED) is 0.689. The van der Waals surface area contributed by atoms with Crippen molar-refractivity contribution in [3.63, 3.8) is 0 Å². The average molecular weight is 405 g/mol.